The van der Waals surface area contributed by atoms with Gasteiger partial charge < -0.3 is 4.90 Å². The van der Waals surface area contributed by atoms with Crippen molar-refractivity contribution in [2.45, 2.75) is 0 Å². The summed E-state index contributed by atoms with van der Waals surface area (Å²) in [6.07, 6.45) is 5.22. The van der Waals surface area contributed by atoms with Gasteiger partial charge in [-0.05, 0) is 30.2 Å². The number of hydrogen-bond acceptors (Lipinski definition) is 3. The van der Waals surface area contributed by atoms with E-state index in [-0.39, 0.29) is 0 Å². The van der Waals surface area contributed by atoms with Crippen LogP contribution in [0.3, 0.4) is 0 Å². The summed E-state index contributed by atoms with van der Waals surface area (Å²) in [7, 11) is 3.96. The molecule has 0 fully saturated rings. The predicted molar refractivity (Wildman–Crippen MR) is 68.8 cm³/mol. The molecule has 0 spiro atoms. The Kier molecular flexibility index (Phi) is 3.37. The summed E-state index contributed by atoms with van der Waals surface area (Å²) < 4.78 is 0. The van der Waals surface area contributed by atoms with Crippen LogP contribution in [-0.4, -0.2) is 24.1 Å². The van der Waals surface area contributed by atoms with Crippen LogP contribution < -0.4 is 4.90 Å². The minimum atomic E-state index is 0.786. The molecule has 0 aromatic carbocycles. The first kappa shape index (κ1) is 11.2. The van der Waals surface area contributed by atoms with Crippen molar-refractivity contribution in [3.8, 4) is 11.8 Å². The van der Waals surface area contributed by atoms with Crippen molar-refractivity contribution in [2.75, 3.05) is 19.0 Å². The van der Waals surface area contributed by atoms with Gasteiger partial charge in [0.1, 0.15) is 5.69 Å². The smallest absolute Gasteiger partial charge is 0.136 e. The molecule has 3 nitrogen and oxygen atoms in total. The van der Waals surface area contributed by atoms with Gasteiger partial charge in [0.05, 0.1) is 5.69 Å². The Morgan fingerprint density at radius 3 is 2.47 bits per heavy atom. The highest BCUT2D eigenvalue weighted by molar-refractivity contribution is 5.57. The zero-order valence-electron chi connectivity index (χ0n) is 9.88. The minimum absolute atomic E-state index is 0.786. The maximum atomic E-state index is 4.28. The summed E-state index contributed by atoms with van der Waals surface area (Å²) in [6, 6.07) is 7.67. The molecule has 0 amide bonds. The molecule has 2 rings (SSSR count). The van der Waals surface area contributed by atoms with Gasteiger partial charge in [-0.3, -0.25) is 4.98 Å². The Labute approximate surface area is 101 Å². The normalized spacial score (nSPS) is 9.29. The lowest BCUT2D eigenvalue weighted by Crippen LogP contribution is -2.10. The summed E-state index contributed by atoms with van der Waals surface area (Å²) in [5.41, 5.74) is 2.75. The SMILES string of the molecule is CN(C)c1cccnc1C#Cc1ccncc1. The van der Waals surface area contributed by atoms with Gasteiger partial charge in [0, 0.05) is 38.2 Å². The van der Waals surface area contributed by atoms with Crippen molar-refractivity contribution in [1.29, 1.82) is 0 Å². The third kappa shape index (κ3) is 2.82. The maximum Gasteiger partial charge on any atom is 0.136 e. The quantitative estimate of drug-likeness (QED) is 0.692. The average Bonchev–Trinajstić information content (AvgIpc) is 2.38. The van der Waals surface area contributed by atoms with Gasteiger partial charge in [-0.1, -0.05) is 5.92 Å². The zero-order valence-corrected chi connectivity index (χ0v) is 9.88. The van der Waals surface area contributed by atoms with Crippen LogP contribution in [0.5, 0.6) is 0 Å². The molecule has 0 saturated carbocycles. The van der Waals surface area contributed by atoms with Crippen molar-refractivity contribution in [1.82, 2.24) is 9.97 Å². The van der Waals surface area contributed by atoms with Crippen molar-refractivity contribution in [2.24, 2.45) is 0 Å². The van der Waals surface area contributed by atoms with Gasteiger partial charge in [-0.15, -0.1) is 0 Å². The zero-order chi connectivity index (χ0) is 12.1. The van der Waals surface area contributed by atoms with Crippen LogP contribution >= 0.6 is 0 Å². The van der Waals surface area contributed by atoms with E-state index in [1.54, 1.807) is 18.6 Å². The van der Waals surface area contributed by atoms with E-state index in [9.17, 15) is 0 Å². The van der Waals surface area contributed by atoms with Crippen molar-refractivity contribution >= 4 is 5.69 Å². The van der Waals surface area contributed by atoms with E-state index in [2.05, 4.69) is 21.8 Å². The molecule has 2 aromatic rings. The molecular formula is C14H13N3. The molecule has 0 saturated heterocycles. The summed E-state index contributed by atoms with van der Waals surface area (Å²) in [5, 5.41) is 0. The first-order valence-electron chi connectivity index (χ1n) is 5.32. The lowest BCUT2D eigenvalue weighted by Gasteiger charge is -2.12. The van der Waals surface area contributed by atoms with E-state index in [0.29, 0.717) is 0 Å². The molecule has 0 N–H and O–H groups in total. The largest absolute Gasteiger partial charge is 0.375 e. The van der Waals surface area contributed by atoms with Crippen molar-refractivity contribution in [3.63, 3.8) is 0 Å². The lowest BCUT2D eigenvalue weighted by molar-refractivity contribution is 1.10. The fourth-order valence-electron chi connectivity index (χ4n) is 1.42. The standard InChI is InChI=1S/C14H13N3/c1-17(2)14-4-3-9-16-13(14)6-5-12-7-10-15-11-8-12/h3-4,7-11H,1-2H3. The van der Waals surface area contributed by atoms with Gasteiger partial charge in [-0.25, -0.2) is 4.98 Å². The van der Waals surface area contributed by atoms with Crippen molar-refractivity contribution in [3.05, 3.63) is 54.1 Å². The summed E-state index contributed by atoms with van der Waals surface area (Å²) in [6.45, 7) is 0. The number of hydrogen-bond donors (Lipinski definition) is 0. The van der Waals surface area contributed by atoms with Gasteiger partial charge in [-0.2, -0.15) is 0 Å². The second-order valence-corrected chi connectivity index (χ2v) is 3.75. The highest BCUT2D eigenvalue weighted by Crippen LogP contribution is 2.13. The average molecular weight is 223 g/mol. The van der Waals surface area contributed by atoms with Crippen LogP contribution in [0.4, 0.5) is 5.69 Å². The molecule has 0 aliphatic carbocycles. The third-order valence-electron chi connectivity index (χ3n) is 2.27. The minimum Gasteiger partial charge on any atom is -0.375 e. The molecule has 2 heterocycles. The molecule has 0 unspecified atom stereocenters. The molecule has 0 aliphatic rings. The molecule has 17 heavy (non-hydrogen) atoms. The fraction of sp³-hybridized carbons (Fsp3) is 0.143. The van der Waals surface area contributed by atoms with Crippen LogP contribution in [0.25, 0.3) is 0 Å². The Bertz CT molecular complexity index is 550. The van der Waals surface area contributed by atoms with Gasteiger partial charge in [0.25, 0.3) is 0 Å². The van der Waals surface area contributed by atoms with Crippen LogP contribution in [0.1, 0.15) is 11.3 Å². The first-order valence-corrected chi connectivity index (χ1v) is 5.32. The lowest BCUT2D eigenvalue weighted by atomic mass is 10.2. The highest BCUT2D eigenvalue weighted by Gasteiger charge is 2.01. The molecule has 3 heteroatoms. The highest BCUT2D eigenvalue weighted by atomic mass is 15.1. The molecule has 0 atom stereocenters. The number of nitrogens with zero attached hydrogens (tertiary/aromatic N) is 3. The van der Waals surface area contributed by atoms with Crippen LogP contribution in [0.2, 0.25) is 0 Å². The van der Waals surface area contributed by atoms with E-state index < -0.39 is 0 Å². The van der Waals surface area contributed by atoms with Gasteiger partial charge in [0.2, 0.25) is 0 Å². The van der Waals surface area contributed by atoms with E-state index in [1.165, 1.54) is 0 Å². The molecule has 0 radical (unpaired) electrons. The summed E-state index contributed by atoms with van der Waals surface area (Å²) in [4.78, 5) is 10.2. The molecular weight excluding hydrogens is 210 g/mol. The number of anilines is 1. The second-order valence-electron chi connectivity index (χ2n) is 3.75. The topological polar surface area (TPSA) is 29.0 Å². The number of rotatable bonds is 1. The van der Waals surface area contributed by atoms with Gasteiger partial charge >= 0.3 is 0 Å². The van der Waals surface area contributed by atoms with Crippen LogP contribution in [0, 0.1) is 11.8 Å². The second kappa shape index (κ2) is 5.13. The number of pyridine rings is 2. The summed E-state index contributed by atoms with van der Waals surface area (Å²) >= 11 is 0. The molecule has 0 bridgehead atoms. The predicted octanol–water partition coefficient (Wildman–Crippen LogP) is 1.94. The monoisotopic (exact) mass is 223 g/mol. The van der Waals surface area contributed by atoms with Crippen molar-refractivity contribution < 1.29 is 0 Å². The first-order chi connectivity index (χ1) is 8.27. The summed E-state index contributed by atoms with van der Waals surface area (Å²) in [5.74, 6) is 6.16. The number of aromatic nitrogens is 2. The third-order valence-corrected chi connectivity index (χ3v) is 2.27. The Morgan fingerprint density at radius 1 is 1.00 bits per heavy atom. The van der Waals surface area contributed by atoms with E-state index in [4.69, 9.17) is 0 Å². The molecule has 2 aromatic heterocycles. The van der Waals surface area contributed by atoms with Crippen LogP contribution in [0.15, 0.2) is 42.9 Å². The maximum absolute atomic E-state index is 4.28. The molecule has 0 aliphatic heterocycles. The Morgan fingerprint density at radius 2 is 1.76 bits per heavy atom. The van der Waals surface area contributed by atoms with E-state index in [1.807, 2.05) is 43.3 Å². The fourth-order valence-corrected chi connectivity index (χ4v) is 1.42. The van der Waals surface area contributed by atoms with E-state index in [0.717, 1.165) is 16.9 Å². The van der Waals surface area contributed by atoms with E-state index >= 15 is 0 Å². The Hall–Kier alpha value is -2.34. The Balaban J connectivity index is 2.34. The van der Waals surface area contributed by atoms with Gasteiger partial charge in [0.15, 0.2) is 0 Å². The van der Waals surface area contributed by atoms with Crippen LogP contribution in [-0.2, 0) is 0 Å². The molecule has 84 valence electrons.